The predicted molar refractivity (Wildman–Crippen MR) is 87.2 cm³/mol. The molecule has 0 radical (unpaired) electrons. The Bertz CT molecular complexity index is 657. The molecular formula is C15H15BrN4O2. The highest BCUT2D eigenvalue weighted by Crippen LogP contribution is 2.21. The molecule has 3 rings (SSSR count). The Morgan fingerprint density at radius 3 is 2.64 bits per heavy atom. The van der Waals surface area contributed by atoms with Crippen LogP contribution in [0.3, 0.4) is 0 Å². The second kappa shape index (κ2) is 6.85. The van der Waals surface area contributed by atoms with Crippen molar-refractivity contribution < 1.29 is 9.53 Å². The van der Waals surface area contributed by atoms with Crippen LogP contribution in [0.1, 0.15) is 10.5 Å². The van der Waals surface area contributed by atoms with Crippen LogP contribution in [0.5, 0.6) is 0 Å². The van der Waals surface area contributed by atoms with E-state index in [1.807, 2.05) is 24.3 Å². The van der Waals surface area contributed by atoms with Crippen LogP contribution in [0.2, 0.25) is 0 Å². The first-order valence-corrected chi connectivity index (χ1v) is 7.74. The minimum Gasteiger partial charge on any atom is -0.378 e. The van der Waals surface area contributed by atoms with Gasteiger partial charge in [0.15, 0.2) is 0 Å². The van der Waals surface area contributed by atoms with Crippen molar-refractivity contribution >= 4 is 33.3 Å². The largest absolute Gasteiger partial charge is 0.378 e. The van der Waals surface area contributed by atoms with E-state index in [1.54, 1.807) is 6.20 Å². The third kappa shape index (κ3) is 3.42. The first-order chi connectivity index (χ1) is 10.7. The Morgan fingerprint density at radius 1 is 1.18 bits per heavy atom. The second-order valence-corrected chi connectivity index (χ2v) is 5.65. The van der Waals surface area contributed by atoms with Gasteiger partial charge in [0.1, 0.15) is 11.5 Å². The molecular weight excluding hydrogens is 348 g/mol. The molecule has 0 saturated carbocycles. The number of hydrogen-bond donors (Lipinski definition) is 1. The Labute approximate surface area is 136 Å². The quantitative estimate of drug-likeness (QED) is 0.907. The Hall–Kier alpha value is -1.99. The summed E-state index contributed by atoms with van der Waals surface area (Å²) in [5.41, 5.74) is 0.985. The zero-order valence-corrected chi connectivity index (χ0v) is 13.4. The van der Waals surface area contributed by atoms with Crippen LogP contribution < -0.4 is 10.2 Å². The van der Waals surface area contributed by atoms with Crippen molar-refractivity contribution in [1.82, 2.24) is 9.97 Å². The molecule has 0 aliphatic carbocycles. The van der Waals surface area contributed by atoms with Gasteiger partial charge in [-0.2, -0.15) is 0 Å². The highest BCUT2D eigenvalue weighted by molar-refractivity contribution is 9.10. The van der Waals surface area contributed by atoms with Crippen LogP contribution in [-0.4, -0.2) is 42.2 Å². The van der Waals surface area contributed by atoms with Gasteiger partial charge in [0.2, 0.25) is 0 Å². The molecule has 1 aliphatic rings. The molecule has 114 valence electrons. The molecule has 1 saturated heterocycles. The highest BCUT2D eigenvalue weighted by atomic mass is 79.9. The summed E-state index contributed by atoms with van der Waals surface area (Å²) in [6, 6.07) is 7.42. The first kappa shape index (κ1) is 14.9. The predicted octanol–water partition coefficient (Wildman–Crippen LogP) is 2.33. The van der Waals surface area contributed by atoms with E-state index in [0.29, 0.717) is 18.9 Å². The van der Waals surface area contributed by atoms with Gasteiger partial charge in [0.25, 0.3) is 5.91 Å². The molecule has 1 fully saturated rings. The summed E-state index contributed by atoms with van der Waals surface area (Å²) in [4.78, 5) is 22.8. The molecule has 6 nitrogen and oxygen atoms in total. The Balaban J connectivity index is 1.69. The van der Waals surface area contributed by atoms with Gasteiger partial charge in [0, 0.05) is 17.6 Å². The van der Waals surface area contributed by atoms with Gasteiger partial charge < -0.3 is 15.0 Å². The maximum atomic E-state index is 12.2. The minimum atomic E-state index is -0.284. The first-order valence-electron chi connectivity index (χ1n) is 6.94. The number of amides is 1. The number of halogens is 1. The van der Waals surface area contributed by atoms with Crippen molar-refractivity contribution in [3.63, 3.8) is 0 Å². The van der Waals surface area contributed by atoms with Crippen molar-refractivity contribution in [2.75, 3.05) is 36.5 Å². The standard InChI is InChI=1S/C15H15BrN4O2/c16-11-3-1-2-4-12(11)19-15(21)13-9-18-14(10-17-13)20-5-7-22-8-6-20/h1-4,9-10H,5-8H2,(H,19,21). The molecule has 0 unspecified atom stereocenters. The molecule has 1 amide bonds. The van der Waals surface area contributed by atoms with Gasteiger partial charge in [0.05, 0.1) is 31.3 Å². The summed E-state index contributed by atoms with van der Waals surface area (Å²) in [6.07, 6.45) is 3.12. The lowest BCUT2D eigenvalue weighted by Crippen LogP contribution is -2.36. The lowest BCUT2D eigenvalue weighted by molar-refractivity contribution is 0.102. The fourth-order valence-electron chi connectivity index (χ4n) is 2.14. The lowest BCUT2D eigenvalue weighted by atomic mass is 10.3. The van der Waals surface area contributed by atoms with Crippen molar-refractivity contribution in [2.45, 2.75) is 0 Å². The Kier molecular flexibility index (Phi) is 4.65. The number of rotatable bonds is 3. The van der Waals surface area contributed by atoms with Crippen LogP contribution in [0.4, 0.5) is 11.5 Å². The Morgan fingerprint density at radius 2 is 1.95 bits per heavy atom. The molecule has 2 heterocycles. The lowest BCUT2D eigenvalue weighted by Gasteiger charge is -2.27. The number of hydrogen-bond acceptors (Lipinski definition) is 5. The number of carbonyl (C=O) groups is 1. The van der Waals surface area contributed by atoms with Crippen molar-refractivity contribution in [3.05, 3.63) is 46.8 Å². The number of morpholine rings is 1. The maximum absolute atomic E-state index is 12.2. The molecule has 22 heavy (non-hydrogen) atoms. The fourth-order valence-corrected chi connectivity index (χ4v) is 2.53. The topological polar surface area (TPSA) is 67.4 Å². The second-order valence-electron chi connectivity index (χ2n) is 4.79. The van der Waals surface area contributed by atoms with E-state index in [4.69, 9.17) is 4.74 Å². The molecule has 7 heteroatoms. The summed E-state index contributed by atoms with van der Waals surface area (Å²) >= 11 is 3.39. The number of para-hydroxylation sites is 1. The number of nitrogens with one attached hydrogen (secondary N) is 1. The smallest absolute Gasteiger partial charge is 0.275 e. The van der Waals surface area contributed by atoms with Gasteiger partial charge in [-0.25, -0.2) is 9.97 Å². The van der Waals surface area contributed by atoms with Gasteiger partial charge in [-0.1, -0.05) is 12.1 Å². The summed E-state index contributed by atoms with van der Waals surface area (Å²) in [7, 11) is 0. The molecule has 1 aromatic heterocycles. The summed E-state index contributed by atoms with van der Waals surface area (Å²) in [5.74, 6) is 0.480. The van der Waals surface area contributed by atoms with Crippen LogP contribution in [0.25, 0.3) is 0 Å². The number of carbonyl (C=O) groups excluding carboxylic acids is 1. The summed E-state index contributed by atoms with van der Waals surface area (Å²) in [5, 5.41) is 2.80. The molecule has 1 N–H and O–H groups in total. The van der Waals surface area contributed by atoms with Gasteiger partial charge in [-0.15, -0.1) is 0 Å². The molecule has 0 atom stereocenters. The molecule has 0 bridgehead atoms. The summed E-state index contributed by atoms with van der Waals surface area (Å²) < 4.78 is 6.12. The SMILES string of the molecule is O=C(Nc1ccccc1Br)c1cnc(N2CCOCC2)cn1. The molecule has 0 spiro atoms. The average Bonchev–Trinajstić information content (AvgIpc) is 2.58. The number of anilines is 2. The van der Waals surface area contributed by atoms with Crippen molar-refractivity contribution in [2.24, 2.45) is 0 Å². The third-order valence-corrected chi connectivity index (χ3v) is 4.02. The van der Waals surface area contributed by atoms with Gasteiger partial charge in [-0.3, -0.25) is 4.79 Å². The average molecular weight is 363 g/mol. The van der Waals surface area contributed by atoms with E-state index in [2.05, 4.69) is 36.1 Å². The fraction of sp³-hybridized carbons (Fsp3) is 0.267. The number of benzene rings is 1. The number of nitrogens with zero attached hydrogens (tertiary/aromatic N) is 3. The molecule has 1 aliphatic heterocycles. The normalized spacial score (nSPS) is 14.7. The van der Waals surface area contributed by atoms with E-state index in [-0.39, 0.29) is 11.6 Å². The van der Waals surface area contributed by atoms with E-state index in [9.17, 15) is 4.79 Å². The molecule has 2 aromatic rings. The van der Waals surface area contributed by atoms with Gasteiger partial charge >= 0.3 is 0 Å². The van der Waals surface area contributed by atoms with E-state index >= 15 is 0 Å². The van der Waals surface area contributed by atoms with Crippen LogP contribution in [0.15, 0.2) is 41.1 Å². The highest BCUT2D eigenvalue weighted by Gasteiger charge is 2.14. The number of aromatic nitrogens is 2. The maximum Gasteiger partial charge on any atom is 0.275 e. The monoisotopic (exact) mass is 362 g/mol. The van der Waals surface area contributed by atoms with Crippen LogP contribution in [0, 0.1) is 0 Å². The summed E-state index contributed by atoms with van der Waals surface area (Å²) in [6.45, 7) is 2.95. The molecule has 1 aromatic carbocycles. The zero-order chi connectivity index (χ0) is 15.4. The number of ether oxygens (including phenoxy) is 1. The van der Waals surface area contributed by atoms with E-state index < -0.39 is 0 Å². The van der Waals surface area contributed by atoms with Gasteiger partial charge in [-0.05, 0) is 28.1 Å². The minimum absolute atomic E-state index is 0.284. The van der Waals surface area contributed by atoms with Crippen LogP contribution in [-0.2, 0) is 4.74 Å². The van der Waals surface area contributed by atoms with Crippen LogP contribution >= 0.6 is 15.9 Å². The third-order valence-electron chi connectivity index (χ3n) is 3.33. The van der Waals surface area contributed by atoms with Crippen molar-refractivity contribution in [1.29, 1.82) is 0 Å². The van der Waals surface area contributed by atoms with Crippen molar-refractivity contribution in [3.8, 4) is 0 Å². The van der Waals surface area contributed by atoms with E-state index in [1.165, 1.54) is 6.20 Å². The zero-order valence-electron chi connectivity index (χ0n) is 11.8. The van der Waals surface area contributed by atoms with E-state index in [0.717, 1.165) is 23.4 Å².